The molecule has 6 nitrogen and oxygen atoms in total. The fourth-order valence-electron chi connectivity index (χ4n) is 2.98. The van der Waals surface area contributed by atoms with Gasteiger partial charge in [-0.05, 0) is 40.2 Å². The van der Waals surface area contributed by atoms with Gasteiger partial charge in [0.2, 0.25) is 0 Å². The number of nitrogens with one attached hydrogen (secondary N) is 1. The van der Waals surface area contributed by atoms with Gasteiger partial charge < -0.3 is 19.4 Å². The van der Waals surface area contributed by atoms with Crippen molar-refractivity contribution >= 4 is 11.9 Å². The number of nitrogens with zero attached hydrogens (tertiary/aromatic N) is 1. The van der Waals surface area contributed by atoms with Crippen molar-refractivity contribution in [1.29, 1.82) is 0 Å². The molecule has 2 heterocycles. The third-order valence-electron chi connectivity index (χ3n) is 3.84. The van der Waals surface area contributed by atoms with Gasteiger partial charge in [-0.3, -0.25) is 4.79 Å². The zero-order valence-corrected chi connectivity index (χ0v) is 13.9. The molecule has 1 saturated heterocycles. The van der Waals surface area contributed by atoms with Gasteiger partial charge in [-0.25, -0.2) is 4.79 Å². The van der Waals surface area contributed by atoms with Gasteiger partial charge in [0, 0.05) is 18.8 Å². The number of rotatable bonds is 3. The highest BCUT2D eigenvalue weighted by molar-refractivity contribution is 6.00. The number of carbonyl (C=O) groups is 2. The molecule has 0 radical (unpaired) electrons. The van der Waals surface area contributed by atoms with Crippen molar-refractivity contribution in [3.8, 4) is 0 Å². The van der Waals surface area contributed by atoms with E-state index < -0.39 is 5.97 Å². The van der Waals surface area contributed by atoms with E-state index in [1.54, 1.807) is 25.7 Å². The molecule has 0 aromatic carbocycles. The molecule has 0 unspecified atom stereocenters. The molecule has 22 heavy (non-hydrogen) atoms. The minimum Gasteiger partial charge on any atom is -0.462 e. The zero-order chi connectivity index (χ0) is 16.4. The number of aromatic nitrogens is 1. The van der Waals surface area contributed by atoms with Crippen LogP contribution in [-0.2, 0) is 9.47 Å². The predicted octanol–water partition coefficient (Wildman–Crippen LogP) is 2.06. The normalized spacial score (nSPS) is 21.8. The van der Waals surface area contributed by atoms with Crippen LogP contribution in [0.2, 0.25) is 0 Å². The van der Waals surface area contributed by atoms with Crippen LogP contribution in [0.3, 0.4) is 0 Å². The maximum absolute atomic E-state index is 12.7. The largest absolute Gasteiger partial charge is 0.462 e. The number of ether oxygens (including phenoxy) is 2. The molecule has 6 heteroatoms. The Morgan fingerprint density at radius 1 is 1.27 bits per heavy atom. The Balaban J connectivity index is 2.27. The number of aryl methyl sites for hydroxylation is 1. The highest BCUT2D eigenvalue weighted by atomic mass is 16.5. The number of amides is 1. The van der Waals surface area contributed by atoms with E-state index >= 15 is 0 Å². The topological polar surface area (TPSA) is 71.6 Å². The van der Waals surface area contributed by atoms with Gasteiger partial charge in [0.1, 0.15) is 5.69 Å². The fourth-order valence-corrected chi connectivity index (χ4v) is 2.98. The Hall–Kier alpha value is -1.82. The van der Waals surface area contributed by atoms with E-state index in [-0.39, 0.29) is 18.1 Å². The third kappa shape index (κ3) is 3.16. The van der Waals surface area contributed by atoms with Gasteiger partial charge >= 0.3 is 5.97 Å². The summed E-state index contributed by atoms with van der Waals surface area (Å²) in [6.07, 6.45) is 0.0159. The lowest BCUT2D eigenvalue weighted by Gasteiger charge is -2.35. The van der Waals surface area contributed by atoms with E-state index in [1.807, 2.05) is 13.8 Å². The average molecular weight is 308 g/mol. The first-order valence-electron chi connectivity index (χ1n) is 7.66. The zero-order valence-electron chi connectivity index (χ0n) is 13.9. The standard InChI is InChI=1S/C16H24N2O4/c1-6-21-16(20)13-11(4)14(17-12(13)5)15(19)18-7-9(2)22-10(3)8-18/h9-10,17H,6-8H2,1-5H3/t9-,10-/m0/s1. The lowest BCUT2D eigenvalue weighted by Crippen LogP contribution is -2.48. The molecule has 1 aliphatic rings. The highest BCUT2D eigenvalue weighted by Crippen LogP contribution is 2.22. The SMILES string of the molecule is CCOC(=O)c1c(C)[nH]c(C(=O)N2C[C@H](C)O[C@@H](C)C2)c1C. The minimum atomic E-state index is -0.392. The van der Waals surface area contributed by atoms with Gasteiger partial charge in [0.15, 0.2) is 0 Å². The van der Waals surface area contributed by atoms with Gasteiger partial charge in [-0.1, -0.05) is 0 Å². The van der Waals surface area contributed by atoms with Crippen molar-refractivity contribution in [2.24, 2.45) is 0 Å². The number of H-pyrrole nitrogens is 1. The fraction of sp³-hybridized carbons (Fsp3) is 0.625. The van der Waals surface area contributed by atoms with Crippen LogP contribution in [0.25, 0.3) is 0 Å². The third-order valence-corrected chi connectivity index (χ3v) is 3.84. The molecule has 1 fully saturated rings. The van der Waals surface area contributed by atoms with Gasteiger partial charge in [0.25, 0.3) is 5.91 Å². The number of hydrogen-bond donors (Lipinski definition) is 1. The van der Waals surface area contributed by atoms with E-state index in [0.29, 0.717) is 42.2 Å². The second kappa shape index (κ2) is 6.52. The molecule has 1 aromatic rings. The van der Waals surface area contributed by atoms with E-state index in [4.69, 9.17) is 9.47 Å². The number of aromatic amines is 1. The molecule has 1 amide bonds. The van der Waals surface area contributed by atoms with Crippen LogP contribution in [0.15, 0.2) is 0 Å². The van der Waals surface area contributed by atoms with E-state index in [1.165, 1.54) is 0 Å². The smallest absolute Gasteiger partial charge is 0.340 e. The minimum absolute atomic E-state index is 0.00796. The Bertz CT molecular complexity index is 569. The Labute approximate surface area is 130 Å². The molecule has 0 spiro atoms. The van der Waals surface area contributed by atoms with Crippen molar-refractivity contribution in [1.82, 2.24) is 9.88 Å². The summed E-state index contributed by atoms with van der Waals surface area (Å²) < 4.78 is 10.7. The summed E-state index contributed by atoms with van der Waals surface area (Å²) in [7, 11) is 0. The predicted molar refractivity (Wildman–Crippen MR) is 82.1 cm³/mol. The first-order valence-corrected chi connectivity index (χ1v) is 7.66. The van der Waals surface area contributed by atoms with Crippen LogP contribution in [-0.4, -0.2) is 53.7 Å². The van der Waals surface area contributed by atoms with Crippen molar-refractivity contribution in [2.45, 2.75) is 46.8 Å². The van der Waals surface area contributed by atoms with Crippen LogP contribution >= 0.6 is 0 Å². The second-order valence-electron chi connectivity index (χ2n) is 5.81. The maximum Gasteiger partial charge on any atom is 0.340 e. The summed E-state index contributed by atoms with van der Waals surface area (Å²) in [5.41, 5.74) is 2.22. The molecule has 1 N–H and O–H groups in total. The molecule has 1 aromatic heterocycles. The molecule has 2 atom stereocenters. The molecule has 2 rings (SSSR count). The summed E-state index contributed by atoms with van der Waals surface area (Å²) in [6, 6.07) is 0. The lowest BCUT2D eigenvalue weighted by atomic mass is 10.1. The molecule has 0 aliphatic carbocycles. The number of esters is 1. The molecular formula is C16H24N2O4. The summed E-state index contributed by atoms with van der Waals surface area (Å²) in [6.45, 7) is 10.6. The Kier molecular flexibility index (Phi) is 4.90. The van der Waals surface area contributed by atoms with Crippen molar-refractivity contribution in [3.05, 3.63) is 22.5 Å². The first-order chi connectivity index (χ1) is 10.3. The summed E-state index contributed by atoms with van der Waals surface area (Å²) >= 11 is 0. The average Bonchev–Trinajstić information content (AvgIpc) is 2.72. The molecule has 122 valence electrons. The quantitative estimate of drug-likeness (QED) is 0.868. The summed E-state index contributed by atoms with van der Waals surface area (Å²) in [4.78, 5) is 29.6. The molecule has 0 bridgehead atoms. The van der Waals surface area contributed by atoms with E-state index in [0.717, 1.165) is 0 Å². The molecular weight excluding hydrogens is 284 g/mol. The Morgan fingerprint density at radius 2 is 1.86 bits per heavy atom. The van der Waals surface area contributed by atoms with Gasteiger partial charge in [0.05, 0.1) is 24.4 Å². The van der Waals surface area contributed by atoms with Gasteiger partial charge in [-0.15, -0.1) is 0 Å². The second-order valence-corrected chi connectivity index (χ2v) is 5.81. The van der Waals surface area contributed by atoms with Crippen molar-refractivity contribution in [2.75, 3.05) is 19.7 Å². The number of carbonyl (C=O) groups excluding carboxylic acids is 2. The van der Waals surface area contributed by atoms with Crippen LogP contribution in [0.1, 0.15) is 52.9 Å². The van der Waals surface area contributed by atoms with E-state index in [9.17, 15) is 9.59 Å². The van der Waals surface area contributed by atoms with Crippen LogP contribution in [0.4, 0.5) is 0 Å². The summed E-state index contributed by atoms with van der Waals surface area (Å²) in [5, 5.41) is 0. The van der Waals surface area contributed by atoms with E-state index in [2.05, 4.69) is 4.98 Å². The lowest BCUT2D eigenvalue weighted by molar-refractivity contribution is -0.0587. The maximum atomic E-state index is 12.7. The van der Waals surface area contributed by atoms with Crippen molar-refractivity contribution < 1.29 is 19.1 Å². The van der Waals surface area contributed by atoms with Crippen molar-refractivity contribution in [3.63, 3.8) is 0 Å². The molecule has 0 saturated carbocycles. The summed E-state index contributed by atoms with van der Waals surface area (Å²) in [5.74, 6) is -0.491. The first kappa shape index (κ1) is 16.5. The molecule has 1 aliphatic heterocycles. The van der Waals surface area contributed by atoms with Crippen LogP contribution in [0.5, 0.6) is 0 Å². The number of hydrogen-bond acceptors (Lipinski definition) is 4. The monoisotopic (exact) mass is 308 g/mol. The van der Waals surface area contributed by atoms with Crippen LogP contribution in [0, 0.1) is 13.8 Å². The van der Waals surface area contributed by atoms with Gasteiger partial charge in [-0.2, -0.15) is 0 Å². The highest BCUT2D eigenvalue weighted by Gasteiger charge is 2.30. The number of morpholine rings is 1. The Morgan fingerprint density at radius 3 is 2.41 bits per heavy atom. The van der Waals surface area contributed by atoms with Crippen LogP contribution < -0.4 is 0 Å².